The minimum absolute atomic E-state index is 0.0572. The van der Waals surface area contributed by atoms with Gasteiger partial charge in [-0.2, -0.15) is 0 Å². The van der Waals surface area contributed by atoms with Gasteiger partial charge in [0.25, 0.3) is 5.91 Å². The minimum atomic E-state index is -0.710. The maximum absolute atomic E-state index is 14.8. The number of nitrogens with zero attached hydrogens (tertiary/aromatic N) is 3. The first-order valence-corrected chi connectivity index (χ1v) is 16.3. The molecular weight excluding hydrogens is 550 g/mol. The zero-order chi connectivity index (χ0) is 30.4. The molecule has 1 N–H and O–H groups in total. The van der Waals surface area contributed by atoms with E-state index in [0.717, 1.165) is 37.3 Å². The van der Waals surface area contributed by atoms with E-state index in [1.165, 1.54) is 0 Å². The number of thioether (sulfide) groups is 1. The number of amides is 2. The van der Waals surface area contributed by atoms with E-state index in [1.807, 2.05) is 24.3 Å². The van der Waals surface area contributed by atoms with Gasteiger partial charge < -0.3 is 24.5 Å². The molecule has 9 heteroatoms. The fraction of sp³-hybridized carbons (Fsp3) is 0.606. The fourth-order valence-corrected chi connectivity index (χ4v) is 9.65. The van der Waals surface area contributed by atoms with Gasteiger partial charge >= 0.3 is 5.97 Å². The Labute approximate surface area is 255 Å². The number of aliphatic hydroxyl groups excluding tert-OH is 1. The number of hydrogen-bond acceptors (Lipinski definition) is 7. The third kappa shape index (κ3) is 5.74. The number of aliphatic hydroxyl groups is 1. The van der Waals surface area contributed by atoms with E-state index >= 15 is 0 Å². The van der Waals surface area contributed by atoms with Crippen molar-refractivity contribution in [3.05, 3.63) is 49.6 Å². The molecule has 3 saturated heterocycles. The molecule has 2 bridgehead atoms. The van der Waals surface area contributed by atoms with Crippen LogP contribution >= 0.6 is 11.8 Å². The summed E-state index contributed by atoms with van der Waals surface area (Å²) >= 11 is 1.66. The van der Waals surface area contributed by atoms with Crippen molar-refractivity contribution in [2.75, 3.05) is 49.2 Å². The van der Waals surface area contributed by atoms with Crippen LogP contribution in [-0.2, 0) is 19.1 Å². The average Bonchev–Trinajstić information content (AvgIpc) is 3.58. The normalized spacial score (nSPS) is 27.6. The van der Waals surface area contributed by atoms with Gasteiger partial charge in [-0.25, -0.2) is 0 Å². The molecule has 0 aliphatic carbocycles. The predicted octanol–water partition coefficient (Wildman–Crippen LogP) is 4.67. The number of carbonyl (C=O) groups is 3. The Morgan fingerprint density at radius 3 is 2.43 bits per heavy atom. The first-order valence-electron chi connectivity index (χ1n) is 15.4. The molecular formula is C33H47N3O5S. The largest absolute Gasteiger partial charge is 0.465 e. The maximum atomic E-state index is 14.8. The molecule has 1 aromatic rings. The molecule has 2 amide bonds. The summed E-state index contributed by atoms with van der Waals surface area (Å²) in [6.45, 7) is 16.8. The van der Waals surface area contributed by atoms with E-state index in [0.29, 0.717) is 32.4 Å². The molecule has 3 aliphatic heterocycles. The van der Waals surface area contributed by atoms with Crippen molar-refractivity contribution < 1.29 is 24.2 Å². The van der Waals surface area contributed by atoms with Gasteiger partial charge in [-0.05, 0) is 76.1 Å². The minimum Gasteiger partial charge on any atom is -0.465 e. The third-order valence-electron chi connectivity index (χ3n) is 9.24. The molecule has 42 heavy (non-hydrogen) atoms. The van der Waals surface area contributed by atoms with Gasteiger partial charge in [0, 0.05) is 49.4 Å². The molecule has 0 aromatic heterocycles. The van der Waals surface area contributed by atoms with Crippen molar-refractivity contribution in [2.45, 2.75) is 68.9 Å². The van der Waals surface area contributed by atoms with Gasteiger partial charge in [0.15, 0.2) is 0 Å². The lowest BCUT2D eigenvalue weighted by atomic mass is 9.66. The molecule has 3 unspecified atom stereocenters. The van der Waals surface area contributed by atoms with Crippen molar-refractivity contribution in [2.24, 2.45) is 17.8 Å². The summed E-state index contributed by atoms with van der Waals surface area (Å²) in [5.41, 5.74) is 1.85. The summed E-state index contributed by atoms with van der Waals surface area (Å²) in [4.78, 5) is 48.2. The highest BCUT2D eigenvalue weighted by atomic mass is 32.2. The number of hydrogen-bond donors (Lipinski definition) is 1. The number of carbonyl (C=O) groups excluding carboxylic acids is 3. The summed E-state index contributed by atoms with van der Waals surface area (Å²) in [5, 5.41) is 9.26. The number of rotatable bonds is 16. The zero-order valence-corrected chi connectivity index (χ0v) is 26.2. The molecule has 3 fully saturated rings. The maximum Gasteiger partial charge on any atom is 0.310 e. The first-order chi connectivity index (χ1) is 20.3. The Morgan fingerprint density at radius 1 is 1.12 bits per heavy atom. The van der Waals surface area contributed by atoms with Crippen LogP contribution in [0.4, 0.5) is 11.4 Å². The monoisotopic (exact) mass is 597 g/mol. The quantitative estimate of drug-likeness (QED) is 0.168. The van der Waals surface area contributed by atoms with Gasteiger partial charge in [-0.1, -0.05) is 19.1 Å². The van der Waals surface area contributed by atoms with Gasteiger partial charge in [-0.15, -0.1) is 24.9 Å². The van der Waals surface area contributed by atoms with E-state index in [4.69, 9.17) is 4.74 Å². The van der Waals surface area contributed by atoms with E-state index < -0.39 is 22.6 Å². The second-order valence-electron chi connectivity index (χ2n) is 11.5. The van der Waals surface area contributed by atoms with Crippen molar-refractivity contribution >= 4 is 40.9 Å². The third-order valence-corrected chi connectivity index (χ3v) is 11.3. The molecule has 3 heterocycles. The average molecular weight is 598 g/mol. The van der Waals surface area contributed by atoms with E-state index in [1.54, 1.807) is 33.7 Å². The SMILES string of the molecule is C=CCCOC(=O)[C@@H]1[C@@H]2CC(C)C3(S2)C(C(=O)N(CC=C)c2ccc(N(CC)CC)cc2)N(CCCCCO)C(=O)[C@H]13. The summed E-state index contributed by atoms with van der Waals surface area (Å²) < 4.78 is 4.91. The number of benzene rings is 1. The van der Waals surface area contributed by atoms with Gasteiger partial charge in [-0.3, -0.25) is 14.4 Å². The smallest absolute Gasteiger partial charge is 0.310 e. The van der Waals surface area contributed by atoms with Gasteiger partial charge in [0.05, 0.1) is 23.2 Å². The van der Waals surface area contributed by atoms with Crippen molar-refractivity contribution in [1.29, 1.82) is 0 Å². The van der Waals surface area contributed by atoms with Crippen LogP contribution in [0.5, 0.6) is 0 Å². The molecule has 0 saturated carbocycles. The van der Waals surface area contributed by atoms with Crippen LogP contribution in [-0.4, -0.2) is 83.2 Å². The first kappa shape index (κ1) is 32.1. The highest BCUT2D eigenvalue weighted by Gasteiger charge is 2.76. The Hall–Kier alpha value is -2.78. The summed E-state index contributed by atoms with van der Waals surface area (Å²) in [6, 6.07) is 7.30. The number of anilines is 2. The van der Waals surface area contributed by atoms with Crippen LogP contribution < -0.4 is 9.80 Å². The number of likely N-dealkylation sites (tertiary alicyclic amines) is 1. The Balaban J connectivity index is 1.71. The van der Waals surface area contributed by atoms with E-state index in [-0.39, 0.29) is 42.2 Å². The van der Waals surface area contributed by atoms with Gasteiger partial charge in [0.2, 0.25) is 5.91 Å². The summed E-state index contributed by atoms with van der Waals surface area (Å²) in [6.07, 6.45) is 6.81. The molecule has 8 nitrogen and oxygen atoms in total. The molecule has 3 aliphatic rings. The second-order valence-corrected chi connectivity index (χ2v) is 13.1. The molecule has 1 aromatic carbocycles. The molecule has 6 atom stereocenters. The van der Waals surface area contributed by atoms with Crippen molar-refractivity contribution in [1.82, 2.24) is 4.90 Å². The lowest BCUT2D eigenvalue weighted by Gasteiger charge is -2.40. The number of ether oxygens (including phenoxy) is 1. The van der Waals surface area contributed by atoms with E-state index in [2.05, 4.69) is 38.8 Å². The Bertz CT molecular complexity index is 1140. The Morgan fingerprint density at radius 2 is 1.81 bits per heavy atom. The molecule has 1 spiro atoms. The fourth-order valence-electron chi connectivity index (χ4n) is 7.25. The highest BCUT2D eigenvalue weighted by molar-refractivity contribution is 8.02. The van der Waals surface area contributed by atoms with Crippen LogP contribution in [0.25, 0.3) is 0 Å². The second kappa shape index (κ2) is 14.1. The van der Waals surface area contributed by atoms with Crippen molar-refractivity contribution in [3.8, 4) is 0 Å². The molecule has 4 rings (SSSR count). The standard InChI is InChI=1S/C33H47N3O5S/c1-6-10-21-41-32(40)27-26-22-23(5)33(42-26)28(27)30(38)36(19-12-11-13-20-37)29(33)31(39)35(18-7-2)25-16-14-24(15-17-25)34(8-3)9-4/h6-7,14-17,23,26-29,37H,1-2,8-13,18-22H2,3-5H3/t23?,26-,27+,28-,29?,33?/m0/s1. The van der Waals surface area contributed by atoms with Crippen LogP contribution in [0.15, 0.2) is 49.6 Å². The van der Waals surface area contributed by atoms with Crippen LogP contribution in [0, 0.1) is 17.8 Å². The zero-order valence-electron chi connectivity index (χ0n) is 25.4. The number of fused-ring (bicyclic) bond motifs is 1. The lowest BCUT2D eigenvalue weighted by Crippen LogP contribution is -2.57. The predicted molar refractivity (Wildman–Crippen MR) is 170 cm³/mol. The highest BCUT2D eigenvalue weighted by Crippen LogP contribution is 2.68. The van der Waals surface area contributed by atoms with Gasteiger partial charge in [0.1, 0.15) is 6.04 Å². The summed E-state index contributed by atoms with van der Waals surface area (Å²) in [7, 11) is 0. The van der Waals surface area contributed by atoms with Crippen LogP contribution in [0.3, 0.4) is 0 Å². The Kier molecular flexibility index (Phi) is 10.8. The van der Waals surface area contributed by atoms with Crippen LogP contribution in [0.1, 0.15) is 52.9 Å². The van der Waals surface area contributed by atoms with Crippen LogP contribution in [0.2, 0.25) is 0 Å². The topological polar surface area (TPSA) is 90.4 Å². The number of esters is 1. The van der Waals surface area contributed by atoms with Crippen molar-refractivity contribution in [3.63, 3.8) is 0 Å². The van der Waals surface area contributed by atoms with E-state index in [9.17, 15) is 19.5 Å². The molecule has 230 valence electrons. The lowest BCUT2D eigenvalue weighted by molar-refractivity contribution is -0.154. The number of unbranched alkanes of at least 4 members (excludes halogenated alkanes) is 2. The molecule has 0 radical (unpaired) electrons. The summed E-state index contributed by atoms with van der Waals surface area (Å²) in [5.74, 6) is -1.70.